The average Bonchev–Trinajstić information content (AvgIpc) is 2.45. The number of benzene rings is 1. The van der Waals surface area contributed by atoms with Gasteiger partial charge >= 0.3 is 0 Å². The number of aryl methyl sites for hydroxylation is 1. The van der Waals surface area contributed by atoms with E-state index >= 15 is 0 Å². The van der Waals surface area contributed by atoms with Gasteiger partial charge in [0.15, 0.2) is 0 Å². The number of nitrogens with zero attached hydrogens (tertiary/aromatic N) is 1. The zero-order valence-corrected chi connectivity index (χ0v) is 14.0. The lowest BCUT2D eigenvalue weighted by Gasteiger charge is -2.09. The van der Waals surface area contributed by atoms with Crippen LogP contribution in [0.3, 0.4) is 0 Å². The number of sulfonamides is 1. The molecular formula is C14H15BrN2O3S. The molecule has 0 atom stereocenters. The van der Waals surface area contributed by atoms with Crippen LogP contribution in [0.2, 0.25) is 0 Å². The van der Waals surface area contributed by atoms with E-state index in [1.807, 2.05) is 6.92 Å². The van der Waals surface area contributed by atoms with Gasteiger partial charge in [0, 0.05) is 23.3 Å². The molecule has 1 heterocycles. The summed E-state index contributed by atoms with van der Waals surface area (Å²) in [5.41, 5.74) is 1.76. The lowest BCUT2D eigenvalue weighted by atomic mass is 10.2. The molecular weight excluding hydrogens is 356 g/mol. The van der Waals surface area contributed by atoms with Gasteiger partial charge in [-0.2, -0.15) is 0 Å². The van der Waals surface area contributed by atoms with Crippen LogP contribution in [-0.4, -0.2) is 20.5 Å². The molecule has 0 aliphatic rings. The van der Waals surface area contributed by atoms with Crippen LogP contribution in [0.1, 0.15) is 11.1 Å². The second kappa shape index (κ2) is 6.55. The van der Waals surface area contributed by atoms with Crippen molar-refractivity contribution in [2.75, 3.05) is 7.11 Å². The number of hydrogen-bond donors (Lipinski definition) is 1. The number of nitrogens with one attached hydrogen (secondary N) is 1. The number of rotatable bonds is 5. The van der Waals surface area contributed by atoms with Crippen LogP contribution in [-0.2, 0) is 16.6 Å². The van der Waals surface area contributed by atoms with Gasteiger partial charge in [0.2, 0.25) is 15.9 Å². The molecule has 0 spiro atoms. The Bertz CT molecular complexity index is 748. The van der Waals surface area contributed by atoms with Crippen LogP contribution in [0.15, 0.2) is 45.9 Å². The first-order chi connectivity index (χ1) is 9.92. The van der Waals surface area contributed by atoms with Gasteiger partial charge < -0.3 is 4.74 Å². The van der Waals surface area contributed by atoms with Crippen LogP contribution < -0.4 is 9.46 Å². The van der Waals surface area contributed by atoms with Gasteiger partial charge in [-0.05, 0) is 52.2 Å². The quantitative estimate of drug-likeness (QED) is 0.878. The summed E-state index contributed by atoms with van der Waals surface area (Å²) in [6, 6.07) is 8.52. The Morgan fingerprint density at radius 2 is 2.05 bits per heavy atom. The van der Waals surface area contributed by atoms with Crippen molar-refractivity contribution >= 4 is 26.0 Å². The number of ether oxygens (including phenoxy) is 1. The lowest BCUT2D eigenvalue weighted by molar-refractivity contribution is 0.397. The molecule has 2 aromatic rings. The smallest absolute Gasteiger partial charge is 0.241 e. The summed E-state index contributed by atoms with van der Waals surface area (Å²) in [6.07, 6.45) is 1.57. The fraction of sp³-hybridized carbons (Fsp3) is 0.214. The molecule has 0 saturated heterocycles. The minimum Gasteiger partial charge on any atom is -0.481 e. The molecule has 0 fully saturated rings. The molecule has 21 heavy (non-hydrogen) atoms. The predicted molar refractivity (Wildman–Crippen MR) is 83.7 cm³/mol. The Labute approximate surface area is 132 Å². The third-order valence-corrected chi connectivity index (χ3v) is 5.23. The van der Waals surface area contributed by atoms with E-state index in [1.54, 1.807) is 36.5 Å². The van der Waals surface area contributed by atoms with Crippen molar-refractivity contribution in [1.82, 2.24) is 9.71 Å². The Kier molecular flexibility index (Phi) is 4.97. The van der Waals surface area contributed by atoms with Crippen molar-refractivity contribution in [3.05, 3.63) is 52.1 Å². The number of hydrogen-bond acceptors (Lipinski definition) is 4. The number of halogens is 1. The highest BCUT2D eigenvalue weighted by Crippen LogP contribution is 2.23. The monoisotopic (exact) mass is 370 g/mol. The molecule has 112 valence electrons. The Morgan fingerprint density at radius 1 is 1.29 bits per heavy atom. The first kappa shape index (κ1) is 15.9. The van der Waals surface area contributed by atoms with Crippen LogP contribution in [0.5, 0.6) is 5.88 Å². The van der Waals surface area contributed by atoms with Crippen LogP contribution in [0.4, 0.5) is 0 Å². The molecule has 0 aliphatic carbocycles. The number of pyridine rings is 1. The maximum atomic E-state index is 12.3. The molecule has 0 bridgehead atoms. The maximum absolute atomic E-state index is 12.3. The van der Waals surface area contributed by atoms with E-state index in [0.717, 1.165) is 11.1 Å². The molecule has 2 rings (SSSR count). The Morgan fingerprint density at radius 3 is 2.71 bits per heavy atom. The summed E-state index contributed by atoms with van der Waals surface area (Å²) in [4.78, 5) is 4.19. The molecule has 0 radical (unpaired) electrons. The molecule has 1 N–H and O–H groups in total. The zero-order chi connectivity index (χ0) is 15.5. The zero-order valence-electron chi connectivity index (χ0n) is 11.6. The standard InChI is InChI=1S/C14H15BrN2O3S/c1-10-3-4-13(12(15)7-10)21(18,19)17-9-11-5-6-16-14(8-11)20-2/h3-8,17H,9H2,1-2H3. The molecule has 5 nitrogen and oxygen atoms in total. The third kappa shape index (κ3) is 4.03. The molecule has 0 aliphatic heterocycles. The summed E-state index contributed by atoms with van der Waals surface area (Å²) < 4.78 is 32.7. The van der Waals surface area contributed by atoms with E-state index in [2.05, 4.69) is 25.6 Å². The van der Waals surface area contributed by atoms with E-state index in [4.69, 9.17) is 4.74 Å². The van der Waals surface area contributed by atoms with Crippen molar-refractivity contribution in [3.8, 4) is 5.88 Å². The van der Waals surface area contributed by atoms with Crippen molar-refractivity contribution in [1.29, 1.82) is 0 Å². The Balaban J connectivity index is 2.17. The van der Waals surface area contributed by atoms with Gasteiger partial charge in [-0.1, -0.05) is 6.07 Å². The summed E-state index contributed by atoms with van der Waals surface area (Å²) >= 11 is 3.28. The second-order valence-corrected chi connectivity index (χ2v) is 7.05. The highest BCUT2D eigenvalue weighted by Gasteiger charge is 2.17. The topological polar surface area (TPSA) is 68.3 Å². The number of methoxy groups -OCH3 is 1. The van der Waals surface area contributed by atoms with E-state index in [0.29, 0.717) is 10.4 Å². The molecule has 1 aromatic carbocycles. The first-order valence-electron chi connectivity index (χ1n) is 6.17. The van der Waals surface area contributed by atoms with E-state index < -0.39 is 10.0 Å². The largest absolute Gasteiger partial charge is 0.481 e. The summed E-state index contributed by atoms with van der Waals surface area (Å²) in [5.74, 6) is 0.447. The second-order valence-electron chi connectivity index (χ2n) is 4.46. The van der Waals surface area contributed by atoms with Crippen LogP contribution in [0, 0.1) is 6.92 Å². The number of aromatic nitrogens is 1. The van der Waals surface area contributed by atoms with E-state index in [-0.39, 0.29) is 11.4 Å². The van der Waals surface area contributed by atoms with Gasteiger partial charge in [0.1, 0.15) is 0 Å². The first-order valence-corrected chi connectivity index (χ1v) is 8.45. The third-order valence-electron chi connectivity index (χ3n) is 2.85. The van der Waals surface area contributed by atoms with Gasteiger partial charge in [0.25, 0.3) is 0 Å². The van der Waals surface area contributed by atoms with Crippen molar-refractivity contribution in [2.24, 2.45) is 0 Å². The van der Waals surface area contributed by atoms with Crippen molar-refractivity contribution < 1.29 is 13.2 Å². The normalized spacial score (nSPS) is 11.4. The highest BCUT2D eigenvalue weighted by atomic mass is 79.9. The predicted octanol–water partition coefficient (Wildman–Crippen LogP) is 2.64. The lowest BCUT2D eigenvalue weighted by Crippen LogP contribution is -2.23. The molecule has 1 aromatic heterocycles. The van der Waals surface area contributed by atoms with Crippen LogP contribution in [0.25, 0.3) is 0 Å². The van der Waals surface area contributed by atoms with Crippen molar-refractivity contribution in [2.45, 2.75) is 18.4 Å². The summed E-state index contributed by atoms with van der Waals surface area (Å²) in [6.45, 7) is 2.07. The summed E-state index contributed by atoms with van der Waals surface area (Å²) in [5, 5.41) is 0. The minimum atomic E-state index is -3.58. The average molecular weight is 371 g/mol. The van der Waals surface area contributed by atoms with Gasteiger partial charge in [0.05, 0.1) is 12.0 Å². The fourth-order valence-electron chi connectivity index (χ4n) is 1.75. The Hall–Kier alpha value is -1.44. The minimum absolute atomic E-state index is 0.168. The van der Waals surface area contributed by atoms with Crippen molar-refractivity contribution in [3.63, 3.8) is 0 Å². The molecule has 0 amide bonds. The molecule has 7 heteroatoms. The van der Waals surface area contributed by atoms with Crippen LogP contribution >= 0.6 is 15.9 Å². The van der Waals surface area contributed by atoms with E-state index in [1.165, 1.54) is 7.11 Å². The molecule has 0 unspecified atom stereocenters. The highest BCUT2D eigenvalue weighted by molar-refractivity contribution is 9.10. The summed E-state index contributed by atoms with van der Waals surface area (Å²) in [7, 11) is -2.07. The van der Waals surface area contributed by atoms with Gasteiger partial charge in [-0.15, -0.1) is 0 Å². The fourth-order valence-corrected chi connectivity index (χ4v) is 3.96. The van der Waals surface area contributed by atoms with E-state index in [9.17, 15) is 8.42 Å². The van der Waals surface area contributed by atoms with Gasteiger partial charge in [-0.3, -0.25) is 0 Å². The molecule has 0 saturated carbocycles. The van der Waals surface area contributed by atoms with Gasteiger partial charge in [-0.25, -0.2) is 18.1 Å². The SMILES string of the molecule is COc1cc(CNS(=O)(=O)c2ccc(C)cc2Br)ccn1. The maximum Gasteiger partial charge on any atom is 0.241 e.